The molecule has 0 aliphatic carbocycles. The van der Waals surface area contributed by atoms with Gasteiger partial charge < -0.3 is 18.8 Å². The van der Waals surface area contributed by atoms with Crippen LogP contribution in [0.5, 0.6) is 0 Å². The highest BCUT2D eigenvalue weighted by Gasteiger charge is 2.47. The highest BCUT2D eigenvalue weighted by molar-refractivity contribution is 5.93. The molecule has 6 heteroatoms. The molecule has 0 aromatic carbocycles. The van der Waals surface area contributed by atoms with Crippen LogP contribution < -0.4 is 0 Å². The lowest BCUT2D eigenvalue weighted by molar-refractivity contribution is -0.148. The van der Waals surface area contributed by atoms with Crippen LogP contribution in [0.3, 0.4) is 0 Å². The molecule has 0 spiro atoms. The molecule has 4 heterocycles. The molecule has 2 fully saturated rings. The van der Waals surface area contributed by atoms with E-state index in [1.165, 1.54) is 12.5 Å². The van der Waals surface area contributed by atoms with Gasteiger partial charge in [-0.15, -0.1) is 0 Å². The number of piperidine rings is 1. The van der Waals surface area contributed by atoms with E-state index in [4.69, 9.17) is 13.9 Å². The van der Waals surface area contributed by atoms with Crippen molar-refractivity contribution in [2.45, 2.75) is 32.0 Å². The van der Waals surface area contributed by atoms with Crippen LogP contribution in [-0.4, -0.2) is 48.2 Å². The zero-order chi connectivity index (χ0) is 17.8. The molecule has 6 nitrogen and oxygen atoms in total. The average Bonchev–Trinajstić information content (AvgIpc) is 3.22. The topological polar surface area (TPSA) is 64.8 Å². The number of pyridine rings is 1. The molecule has 2 aromatic rings. The van der Waals surface area contributed by atoms with E-state index in [-0.39, 0.29) is 17.4 Å². The Morgan fingerprint density at radius 1 is 1.35 bits per heavy atom. The SMILES string of the molecule is O=C(c1ccoc1)N1CC[C@@H]2OCCC[C@@]2(COCc2ccncc2)C1. The van der Waals surface area contributed by atoms with Gasteiger partial charge in [-0.1, -0.05) is 0 Å². The Bertz CT molecular complexity index is 719. The highest BCUT2D eigenvalue weighted by atomic mass is 16.5. The first-order valence-corrected chi connectivity index (χ1v) is 9.17. The summed E-state index contributed by atoms with van der Waals surface area (Å²) in [5.41, 5.74) is 1.57. The molecule has 4 rings (SSSR count). The molecule has 0 radical (unpaired) electrons. The van der Waals surface area contributed by atoms with Crippen LogP contribution in [0, 0.1) is 5.41 Å². The van der Waals surface area contributed by atoms with Crippen molar-refractivity contribution in [3.05, 3.63) is 54.2 Å². The summed E-state index contributed by atoms with van der Waals surface area (Å²) in [6.07, 6.45) is 9.62. The van der Waals surface area contributed by atoms with Crippen molar-refractivity contribution in [2.75, 3.05) is 26.3 Å². The van der Waals surface area contributed by atoms with E-state index in [1.807, 2.05) is 17.0 Å². The van der Waals surface area contributed by atoms with Gasteiger partial charge >= 0.3 is 0 Å². The molecule has 1 amide bonds. The second-order valence-corrected chi connectivity index (χ2v) is 7.20. The van der Waals surface area contributed by atoms with E-state index >= 15 is 0 Å². The molecular formula is C20H24N2O4. The minimum Gasteiger partial charge on any atom is -0.472 e. The third-order valence-corrected chi connectivity index (χ3v) is 5.45. The Morgan fingerprint density at radius 3 is 3.04 bits per heavy atom. The summed E-state index contributed by atoms with van der Waals surface area (Å²) in [6.45, 7) is 3.31. The lowest BCUT2D eigenvalue weighted by atomic mass is 9.73. The second-order valence-electron chi connectivity index (χ2n) is 7.20. The van der Waals surface area contributed by atoms with E-state index in [0.29, 0.717) is 31.9 Å². The number of hydrogen-bond donors (Lipinski definition) is 0. The van der Waals surface area contributed by atoms with Crippen molar-refractivity contribution in [1.82, 2.24) is 9.88 Å². The standard InChI is InChI=1S/C20H24N2O4/c23-19(17-5-11-24-13-17)22-9-4-18-20(14-22,6-1-10-26-18)15-25-12-16-2-7-21-8-3-16/h2-3,5,7-8,11,13,18H,1,4,6,9-10,12,14-15H2/t18-,20-/m0/s1. The summed E-state index contributed by atoms with van der Waals surface area (Å²) in [4.78, 5) is 18.7. The summed E-state index contributed by atoms with van der Waals surface area (Å²) < 4.78 is 17.2. The van der Waals surface area contributed by atoms with Crippen LogP contribution in [0.2, 0.25) is 0 Å². The van der Waals surface area contributed by atoms with E-state index in [1.54, 1.807) is 18.5 Å². The fourth-order valence-corrected chi connectivity index (χ4v) is 4.09. The summed E-state index contributed by atoms with van der Waals surface area (Å²) in [7, 11) is 0. The average molecular weight is 356 g/mol. The van der Waals surface area contributed by atoms with Gasteiger partial charge in [-0.25, -0.2) is 0 Å². The number of nitrogens with zero attached hydrogens (tertiary/aromatic N) is 2. The smallest absolute Gasteiger partial charge is 0.257 e. The molecule has 2 atom stereocenters. The zero-order valence-corrected chi connectivity index (χ0v) is 14.8. The molecule has 2 aromatic heterocycles. The number of fused-ring (bicyclic) bond motifs is 1. The third kappa shape index (κ3) is 3.52. The van der Waals surface area contributed by atoms with Crippen LogP contribution in [0.4, 0.5) is 0 Å². The van der Waals surface area contributed by atoms with Crippen LogP contribution in [0.25, 0.3) is 0 Å². The van der Waals surface area contributed by atoms with Gasteiger partial charge in [0.2, 0.25) is 0 Å². The van der Waals surface area contributed by atoms with E-state index in [9.17, 15) is 4.79 Å². The summed E-state index contributed by atoms with van der Waals surface area (Å²) >= 11 is 0. The minimum atomic E-state index is -0.136. The van der Waals surface area contributed by atoms with Crippen molar-refractivity contribution in [2.24, 2.45) is 5.41 Å². The fourth-order valence-electron chi connectivity index (χ4n) is 4.09. The van der Waals surface area contributed by atoms with Gasteiger partial charge in [0.15, 0.2) is 0 Å². The van der Waals surface area contributed by atoms with Gasteiger partial charge in [-0.3, -0.25) is 9.78 Å². The van der Waals surface area contributed by atoms with E-state index in [0.717, 1.165) is 31.4 Å². The first kappa shape index (κ1) is 17.2. The van der Waals surface area contributed by atoms with Crippen molar-refractivity contribution >= 4 is 5.91 Å². The van der Waals surface area contributed by atoms with Gasteiger partial charge in [-0.05, 0) is 43.0 Å². The highest BCUT2D eigenvalue weighted by Crippen LogP contribution is 2.41. The van der Waals surface area contributed by atoms with Crippen LogP contribution >= 0.6 is 0 Å². The van der Waals surface area contributed by atoms with Crippen LogP contribution in [-0.2, 0) is 16.1 Å². The summed E-state index contributed by atoms with van der Waals surface area (Å²) in [5.74, 6) is 0.0243. The molecular weight excluding hydrogens is 332 g/mol. The minimum absolute atomic E-state index is 0.0243. The molecule has 2 aliphatic heterocycles. The largest absolute Gasteiger partial charge is 0.472 e. The number of carbonyl (C=O) groups is 1. The van der Waals surface area contributed by atoms with Gasteiger partial charge in [0.25, 0.3) is 5.91 Å². The Labute approximate surface area is 153 Å². The fraction of sp³-hybridized carbons (Fsp3) is 0.500. The molecule has 0 N–H and O–H groups in total. The maximum Gasteiger partial charge on any atom is 0.257 e. The van der Waals surface area contributed by atoms with Crippen LogP contribution in [0.15, 0.2) is 47.5 Å². The molecule has 26 heavy (non-hydrogen) atoms. The van der Waals surface area contributed by atoms with Gasteiger partial charge in [0.1, 0.15) is 6.26 Å². The molecule has 0 saturated carbocycles. The lowest BCUT2D eigenvalue weighted by Crippen LogP contribution is -2.58. The lowest BCUT2D eigenvalue weighted by Gasteiger charge is -2.50. The number of amides is 1. The van der Waals surface area contributed by atoms with Crippen molar-refractivity contribution in [3.63, 3.8) is 0 Å². The Kier molecular flexibility index (Phi) is 5.04. The molecule has 138 valence electrons. The normalized spacial score (nSPS) is 25.7. The molecule has 0 unspecified atom stereocenters. The number of hydrogen-bond acceptors (Lipinski definition) is 5. The molecule has 2 aliphatic rings. The number of furan rings is 1. The van der Waals surface area contributed by atoms with Gasteiger partial charge in [0, 0.05) is 37.5 Å². The maximum atomic E-state index is 12.8. The monoisotopic (exact) mass is 356 g/mol. The predicted octanol–water partition coefficient (Wildman–Crippen LogP) is 2.90. The van der Waals surface area contributed by atoms with Crippen LogP contribution in [0.1, 0.15) is 35.2 Å². The Hall–Kier alpha value is -2.18. The maximum absolute atomic E-state index is 12.8. The van der Waals surface area contributed by atoms with Crippen molar-refractivity contribution < 1.29 is 18.7 Å². The number of ether oxygens (including phenoxy) is 2. The Morgan fingerprint density at radius 2 is 2.23 bits per heavy atom. The molecule has 2 saturated heterocycles. The summed E-state index contributed by atoms with van der Waals surface area (Å²) in [5, 5.41) is 0. The van der Waals surface area contributed by atoms with E-state index < -0.39 is 0 Å². The van der Waals surface area contributed by atoms with Crippen molar-refractivity contribution in [3.8, 4) is 0 Å². The quantitative estimate of drug-likeness (QED) is 0.824. The number of carbonyl (C=O) groups excluding carboxylic acids is 1. The second kappa shape index (κ2) is 7.60. The van der Waals surface area contributed by atoms with Crippen molar-refractivity contribution in [1.29, 1.82) is 0 Å². The summed E-state index contributed by atoms with van der Waals surface area (Å²) in [6, 6.07) is 5.64. The first-order valence-electron chi connectivity index (χ1n) is 9.17. The van der Waals surface area contributed by atoms with Gasteiger partial charge in [0.05, 0.1) is 31.1 Å². The van der Waals surface area contributed by atoms with E-state index in [2.05, 4.69) is 4.98 Å². The van der Waals surface area contributed by atoms with Gasteiger partial charge in [-0.2, -0.15) is 0 Å². The first-order chi connectivity index (χ1) is 12.8. The molecule has 0 bridgehead atoms. The Balaban J connectivity index is 1.45. The predicted molar refractivity (Wildman–Crippen MR) is 94.5 cm³/mol. The third-order valence-electron chi connectivity index (χ3n) is 5.45. The number of rotatable bonds is 5. The number of aromatic nitrogens is 1. The zero-order valence-electron chi connectivity index (χ0n) is 14.8. The number of likely N-dealkylation sites (tertiary alicyclic amines) is 1.